The molecule has 0 amide bonds. The monoisotopic (exact) mass is 353 g/mol. The summed E-state index contributed by atoms with van der Waals surface area (Å²) in [6.07, 6.45) is 5.83. The highest BCUT2D eigenvalue weighted by atomic mass is 35.5. The van der Waals surface area contributed by atoms with Crippen molar-refractivity contribution in [1.82, 2.24) is 19.3 Å². The zero-order valence-corrected chi connectivity index (χ0v) is 15.3. The van der Waals surface area contributed by atoms with Gasteiger partial charge in [-0.15, -0.1) is 0 Å². The van der Waals surface area contributed by atoms with Gasteiger partial charge in [-0.05, 0) is 25.1 Å². The number of imidazole rings is 1. The summed E-state index contributed by atoms with van der Waals surface area (Å²) in [6, 6.07) is 9.65. The van der Waals surface area contributed by atoms with Crippen molar-refractivity contribution in [1.29, 1.82) is 5.26 Å². The Labute approximate surface area is 152 Å². The van der Waals surface area contributed by atoms with Crippen molar-refractivity contribution in [2.45, 2.75) is 39.3 Å². The van der Waals surface area contributed by atoms with Crippen LogP contribution in [0.3, 0.4) is 0 Å². The first kappa shape index (κ1) is 17.2. The zero-order valence-electron chi connectivity index (χ0n) is 14.5. The summed E-state index contributed by atoms with van der Waals surface area (Å²) in [5, 5.41) is 14.1. The maximum absolute atomic E-state index is 8.97. The lowest BCUT2D eigenvalue weighted by Gasteiger charge is -2.18. The van der Waals surface area contributed by atoms with Gasteiger partial charge in [0.15, 0.2) is 0 Å². The molecule has 0 saturated carbocycles. The summed E-state index contributed by atoms with van der Waals surface area (Å²) < 4.78 is 4.13. The lowest BCUT2D eigenvalue weighted by Crippen LogP contribution is -2.16. The van der Waals surface area contributed by atoms with E-state index < -0.39 is 0 Å². The number of aromatic nitrogens is 4. The highest BCUT2D eigenvalue weighted by molar-refractivity contribution is 6.32. The van der Waals surface area contributed by atoms with Crippen molar-refractivity contribution in [2.75, 3.05) is 0 Å². The Morgan fingerprint density at radius 3 is 2.68 bits per heavy atom. The third-order valence-electron chi connectivity index (χ3n) is 4.17. The second-order valence-corrected chi connectivity index (χ2v) is 6.83. The molecule has 2 heterocycles. The van der Waals surface area contributed by atoms with Gasteiger partial charge in [0.1, 0.15) is 11.9 Å². The Hall–Kier alpha value is -2.58. The Morgan fingerprint density at radius 2 is 2.00 bits per heavy atom. The van der Waals surface area contributed by atoms with Crippen LogP contribution in [0, 0.1) is 11.3 Å². The molecular weight excluding hydrogens is 334 g/mol. The maximum Gasteiger partial charge on any atom is 0.111 e. The molecule has 3 aromatic rings. The number of nitrogens with zero attached hydrogens (tertiary/aromatic N) is 5. The lowest BCUT2D eigenvalue weighted by molar-refractivity contribution is 0.421. The second kappa shape index (κ2) is 7.12. The Balaban J connectivity index is 1.79. The van der Waals surface area contributed by atoms with E-state index in [9.17, 15) is 0 Å². The van der Waals surface area contributed by atoms with Crippen LogP contribution >= 0.6 is 11.6 Å². The Kier molecular flexibility index (Phi) is 4.91. The van der Waals surface area contributed by atoms with Gasteiger partial charge in [-0.3, -0.25) is 4.68 Å². The number of nitriles is 1. The minimum atomic E-state index is 0.247. The van der Waals surface area contributed by atoms with Crippen LogP contribution in [-0.4, -0.2) is 19.3 Å². The lowest BCUT2D eigenvalue weighted by atomic mass is 10.1. The summed E-state index contributed by atoms with van der Waals surface area (Å²) >= 11 is 6.12. The third-order valence-corrected chi connectivity index (χ3v) is 4.48. The van der Waals surface area contributed by atoms with Crippen LogP contribution in [0.15, 0.2) is 42.9 Å². The smallest absolute Gasteiger partial charge is 0.111 e. The molecule has 0 fully saturated rings. The number of hydrogen-bond acceptors (Lipinski definition) is 3. The molecule has 0 saturated heterocycles. The Bertz CT molecular complexity index is 916. The number of halogens is 1. The molecule has 0 bridgehead atoms. The predicted octanol–water partition coefficient (Wildman–Crippen LogP) is 4.66. The SMILES string of the molecule is CC(C)c1nccn1[C@@H](C)Cn1ccc(-c2ccc(C#N)c(Cl)c2)n1. The van der Waals surface area contributed by atoms with E-state index in [1.165, 1.54) is 0 Å². The van der Waals surface area contributed by atoms with E-state index >= 15 is 0 Å². The van der Waals surface area contributed by atoms with Crippen molar-refractivity contribution in [3.05, 3.63) is 59.3 Å². The first-order chi connectivity index (χ1) is 12.0. The van der Waals surface area contributed by atoms with Crippen LogP contribution in [0.4, 0.5) is 0 Å². The molecule has 0 aliphatic rings. The van der Waals surface area contributed by atoms with E-state index in [0.717, 1.165) is 23.6 Å². The minimum Gasteiger partial charge on any atom is -0.330 e. The van der Waals surface area contributed by atoms with Gasteiger partial charge in [0, 0.05) is 30.1 Å². The van der Waals surface area contributed by atoms with Crippen LogP contribution in [-0.2, 0) is 6.54 Å². The van der Waals surface area contributed by atoms with E-state index in [2.05, 4.69) is 41.5 Å². The standard InChI is InChI=1S/C19H20ClN5/c1-13(2)19-22-7-9-25(19)14(3)12-24-8-6-18(23-24)15-4-5-16(11-21)17(20)10-15/h4-10,13-14H,12H2,1-3H3/t14-/m0/s1. The summed E-state index contributed by atoms with van der Waals surface area (Å²) in [7, 11) is 0. The summed E-state index contributed by atoms with van der Waals surface area (Å²) in [5.41, 5.74) is 2.22. The van der Waals surface area contributed by atoms with Crippen LogP contribution < -0.4 is 0 Å². The van der Waals surface area contributed by atoms with E-state index in [1.54, 1.807) is 12.1 Å². The Morgan fingerprint density at radius 1 is 1.20 bits per heavy atom. The molecule has 0 N–H and O–H groups in total. The van der Waals surface area contributed by atoms with Crippen molar-refractivity contribution < 1.29 is 0 Å². The van der Waals surface area contributed by atoms with Crippen molar-refractivity contribution in [3.63, 3.8) is 0 Å². The molecule has 1 aromatic carbocycles. The predicted molar refractivity (Wildman–Crippen MR) is 98.4 cm³/mol. The van der Waals surface area contributed by atoms with E-state index in [1.807, 2.05) is 35.4 Å². The molecule has 128 valence electrons. The number of rotatable bonds is 5. The summed E-state index contributed by atoms with van der Waals surface area (Å²) in [4.78, 5) is 4.45. The molecule has 3 rings (SSSR count). The van der Waals surface area contributed by atoms with E-state index in [0.29, 0.717) is 16.5 Å². The number of benzene rings is 1. The fraction of sp³-hybridized carbons (Fsp3) is 0.316. The summed E-state index contributed by atoms with van der Waals surface area (Å²) in [5.74, 6) is 1.46. The molecule has 25 heavy (non-hydrogen) atoms. The molecule has 1 atom stereocenters. The quantitative estimate of drug-likeness (QED) is 0.670. The second-order valence-electron chi connectivity index (χ2n) is 6.43. The highest BCUT2D eigenvalue weighted by Gasteiger charge is 2.14. The first-order valence-corrected chi connectivity index (χ1v) is 8.63. The van der Waals surface area contributed by atoms with Crippen molar-refractivity contribution in [2.24, 2.45) is 0 Å². The maximum atomic E-state index is 8.97. The average molecular weight is 354 g/mol. The molecule has 0 spiro atoms. The van der Waals surface area contributed by atoms with Crippen LogP contribution in [0.1, 0.15) is 44.1 Å². The fourth-order valence-corrected chi connectivity index (χ4v) is 3.11. The molecule has 5 nitrogen and oxygen atoms in total. The van der Waals surface area contributed by atoms with Gasteiger partial charge in [0.2, 0.25) is 0 Å². The van der Waals surface area contributed by atoms with E-state index in [4.69, 9.17) is 16.9 Å². The third kappa shape index (κ3) is 3.59. The molecule has 0 aliphatic carbocycles. The molecule has 0 aliphatic heterocycles. The molecule has 0 unspecified atom stereocenters. The van der Waals surface area contributed by atoms with Gasteiger partial charge in [-0.25, -0.2) is 4.98 Å². The molecular formula is C19H20ClN5. The van der Waals surface area contributed by atoms with Crippen LogP contribution in [0.5, 0.6) is 0 Å². The molecule has 0 radical (unpaired) electrons. The van der Waals surface area contributed by atoms with Gasteiger partial charge in [-0.1, -0.05) is 31.5 Å². The van der Waals surface area contributed by atoms with Crippen molar-refractivity contribution >= 4 is 11.6 Å². The van der Waals surface area contributed by atoms with Gasteiger partial charge in [0.05, 0.1) is 28.9 Å². The van der Waals surface area contributed by atoms with Crippen LogP contribution in [0.25, 0.3) is 11.3 Å². The largest absolute Gasteiger partial charge is 0.330 e. The van der Waals surface area contributed by atoms with Gasteiger partial charge in [0.25, 0.3) is 0 Å². The van der Waals surface area contributed by atoms with Gasteiger partial charge < -0.3 is 4.57 Å². The van der Waals surface area contributed by atoms with Crippen LogP contribution in [0.2, 0.25) is 5.02 Å². The van der Waals surface area contributed by atoms with Gasteiger partial charge in [-0.2, -0.15) is 10.4 Å². The summed E-state index contributed by atoms with van der Waals surface area (Å²) in [6.45, 7) is 7.20. The highest BCUT2D eigenvalue weighted by Crippen LogP contribution is 2.25. The fourth-order valence-electron chi connectivity index (χ4n) is 2.89. The number of hydrogen-bond donors (Lipinski definition) is 0. The molecule has 6 heteroatoms. The molecule has 2 aromatic heterocycles. The first-order valence-electron chi connectivity index (χ1n) is 8.25. The van der Waals surface area contributed by atoms with E-state index in [-0.39, 0.29) is 6.04 Å². The zero-order chi connectivity index (χ0) is 18.0. The van der Waals surface area contributed by atoms with Gasteiger partial charge >= 0.3 is 0 Å². The topological polar surface area (TPSA) is 59.4 Å². The average Bonchev–Trinajstić information content (AvgIpc) is 3.24. The normalized spacial score (nSPS) is 12.3. The van der Waals surface area contributed by atoms with Crippen molar-refractivity contribution in [3.8, 4) is 17.3 Å². The minimum absolute atomic E-state index is 0.247.